The van der Waals surface area contributed by atoms with E-state index in [1.165, 1.54) is 42.0 Å². The van der Waals surface area contributed by atoms with Gasteiger partial charge in [-0.15, -0.1) is 0 Å². The van der Waals surface area contributed by atoms with Gasteiger partial charge in [-0.3, -0.25) is 0 Å². The molecule has 3 heteroatoms. The molecule has 0 atom stereocenters. The SMILES string of the molecule is COC(=O)c1ccc(-c2cc3cc4c(cc3n2C)C(C)(C)CCC4(C)C)cc1. The first-order valence-electron chi connectivity index (χ1n) is 9.97. The molecule has 1 aliphatic carbocycles. The molecule has 146 valence electrons. The van der Waals surface area contributed by atoms with E-state index in [0.717, 1.165) is 11.3 Å². The van der Waals surface area contributed by atoms with E-state index in [-0.39, 0.29) is 16.8 Å². The number of nitrogens with zero attached hydrogens (tertiary/aromatic N) is 1. The number of carbonyl (C=O) groups is 1. The average molecular weight is 376 g/mol. The maximum atomic E-state index is 11.7. The first kappa shape index (κ1) is 18.8. The summed E-state index contributed by atoms with van der Waals surface area (Å²) in [5.41, 5.74) is 7.45. The van der Waals surface area contributed by atoms with Crippen LogP contribution in [0.4, 0.5) is 0 Å². The summed E-state index contributed by atoms with van der Waals surface area (Å²) in [6.07, 6.45) is 2.43. The summed E-state index contributed by atoms with van der Waals surface area (Å²) in [7, 11) is 3.53. The second kappa shape index (κ2) is 6.23. The molecular weight excluding hydrogens is 346 g/mol. The van der Waals surface area contributed by atoms with Crippen LogP contribution in [0.15, 0.2) is 42.5 Å². The van der Waals surface area contributed by atoms with Crippen molar-refractivity contribution >= 4 is 16.9 Å². The van der Waals surface area contributed by atoms with Gasteiger partial charge < -0.3 is 9.30 Å². The minimum atomic E-state index is -0.305. The number of rotatable bonds is 2. The molecule has 3 aromatic rings. The van der Waals surface area contributed by atoms with E-state index in [4.69, 9.17) is 4.74 Å². The summed E-state index contributed by atoms with van der Waals surface area (Å²) in [6, 6.07) is 14.7. The first-order chi connectivity index (χ1) is 13.1. The maximum Gasteiger partial charge on any atom is 0.337 e. The molecule has 1 heterocycles. The Bertz CT molecular complexity index is 1070. The Hall–Kier alpha value is -2.55. The van der Waals surface area contributed by atoms with E-state index in [1.807, 2.05) is 24.3 Å². The largest absolute Gasteiger partial charge is 0.465 e. The summed E-state index contributed by atoms with van der Waals surface area (Å²) in [5.74, 6) is -0.305. The number of hydrogen-bond acceptors (Lipinski definition) is 2. The van der Waals surface area contributed by atoms with Gasteiger partial charge in [0.1, 0.15) is 0 Å². The molecule has 0 fully saturated rings. The number of fused-ring (bicyclic) bond motifs is 2. The molecule has 0 spiro atoms. The zero-order valence-corrected chi connectivity index (χ0v) is 17.7. The van der Waals surface area contributed by atoms with Crippen molar-refractivity contribution in [1.82, 2.24) is 4.57 Å². The molecule has 1 aromatic heterocycles. The fourth-order valence-electron chi connectivity index (χ4n) is 4.57. The van der Waals surface area contributed by atoms with Crippen LogP contribution in [0.25, 0.3) is 22.2 Å². The molecule has 0 saturated heterocycles. The van der Waals surface area contributed by atoms with Crippen molar-refractivity contribution in [3.05, 3.63) is 59.2 Å². The van der Waals surface area contributed by atoms with Crippen molar-refractivity contribution in [2.45, 2.75) is 51.4 Å². The Labute approximate surface area is 167 Å². The second-order valence-electron chi connectivity index (χ2n) is 9.38. The van der Waals surface area contributed by atoms with Crippen molar-refractivity contribution in [2.75, 3.05) is 7.11 Å². The number of aromatic nitrogens is 1. The molecule has 0 unspecified atom stereocenters. The van der Waals surface area contributed by atoms with Crippen molar-refractivity contribution in [1.29, 1.82) is 0 Å². The third-order valence-electron chi connectivity index (χ3n) is 6.62. The standard InChI is InChI=1S/C25H29NO2/c1-24(2)11-12-25(3,4)20-15-22-18(13-19(20)24)14-21(26(22)5)16-7-9-17(10-8-16)23(27)28-6/h7-10,13-15H,11-12H2,1-6H3. The minimum Gasteiger partial charge on any atom is -0.465 e. The first-order valence-corrected chi connectivity index (χ1v) is 9.97. The number of methoxy groups -OCH3 is 1. The Morgan fingerprint density at radius 1 is 0.929 bits per heavy atom. The molecule has 2 aromatic carbocycles. The van der Waals surface area contributed by atoms with Crippen molar-refractivity contribution in [3.63, 3.8) is 0 Å². The van der Waals surface area contributed by atoms with E-state index in [0.29, 0.717) is 5.56 Å². The molecule has 0 N–H and O–H groups in total. The van der Waals surface area contributed by atoms with E-state index in [9.17, 15) is 4.79 Å². The lowest BCUT2D eigenvalue weighted by Crippen LogP contribution is -2.33. The smallest absolute Gasteiger partial charge is 0.337 e. The van der Waals surface area contributed by atoms with Crippen LogP contribution in [-0.2, 0) is 22.6 Å². The second-order valence-corrected chi connectivity index (χ2v) is 9.38. The molecule has 28 heavy (non-hydrogen) atoms. The summed E-state index contributed by atoms with van der Waals surface area (Å²) >= 11 is 0. The molecule has 3 nitrogen and oxygen atoms in total. The van der Waals surface area contributed by atoms with Crippen molar-refractivity contribution in [3.8, 4) is 11.3 Å². The third-order valence-corrected chi connectivity index (χ3v) is 6.62. The lowest BCUT2D eigenvalue weighted by atomic mass is 9.63. The van der Waals surface area contributed by atoms with Gasteiger partial charge in [0, 0.05) is 23.6 Å². The minimum absolute atomic E-state index is 0.200. The number of aryl methyl sites for hydroxylation is 1. The highest BCUT2D eigenvalue weighted by Crippen LogP contribution is 2.47. The van der Waals surface area contributed by atoms with Crippen LogP contribution in [-0.4, -0.2) is 17.6 Å². The predicted octanol–water partition coefficient (Wildman–Crippen LogP) is 5.98. The lowest BCUT2D eigenvalue weighted by Gasteiger charge is -2.42. The lowest BCUT2D eigenvalue weighted by molar-refractivity contribution is 0.0601. The summed E-state index contributed by atoms with van der Waals surface area (Å²) < 4.78 is 7.07. The number of hydrogen-bond donors (Lipinski definition) is 0. The van der Waals surface area contributed by atoms with Crippen molar-refractivity contribution < 1.29 is 9.53 Å². The van der Waals surface area contributed by atoms with Gasteiger partial charge in [0.15, 0.2) is 0 Å². The molecule has 0 bridgehead atoms. The van der Waals surface area contributed by atoms with Crippen molar-refractivity contribution in [2.24, 2.45) is 7.05 Å². The Kier molecular flexibility index (Phi) is 4.18. The maximum absolute atomic E-state index is 11.7. The van der Waals surface area contributed by atoms with Crippen LogP contribution in [0.3, 0.4) is 0 Å². The molecule has 0 aliphatic heterocycles. The summed E-state index contributed by atoms with van der Waals surface area (Å²) in [6.45, 7) is 9.45. The number of carbonyl (C=O) groups excluding carboxylic acids is 1. The average Bonchev–Trinajstić information content (AvgIpc) is 3.00. The Balaban J connectivity index is 1.87. The molecule has 1 aliphatic rings. The van der Waals surface area contributed by atoms with Crippen LogP contribution in [0.2, 0.25) is 0 Å². The van der Waals surface area contributed by atoms with Gasteiger partial charge in [-0.2, -0.15) is 0 Å². The van der Waals surface area contributed by atoms with Gasteiger partial charge in [-0.25, -0.2) is 4.79 Å². The molecular formula is C25H29NO2. The van der Waals surface area contributed by atoms with Crippen LogP contribution < -0.4 is 0 Å². The van der Waals surface area contributed by atoms with E-state index in [1.54, 1.807) is 0 Å². The predicted molar refractivity (Wildman–Crippen MR) is 115 cm³/mol. The van der Waals surface area contributed by atoms with Gasteiger partial charge in [0.25, 0.3) is 0 Å². The summed E-state index contributed by atoms with van der Waals surface area (Å²) in [5, 5.41) is 1.28. The highest BCUT2D eigenvalue weighted by Gasteiger charge is 2.37. The van der Waals surface area contributed by atoms with Gasteiger partial charge in [-0.1, -0.05) is 39.8 Å². The zero-order valence-electron chi connectivity index (χ0n) is 17.7. The van der Waals surface area contributed by atoms with E-state index in [2.05, 4.69) is 57.5 Å². The summed E-state index contributed by atoms with van der Waals surface area (Å²) in [4.78, 5) is 11.7. The normalized spacial score (nSPS) is 17.4. The van der Waals surface area contributed by atoms with Gasteiger partial charge in [-0.05, 0) is 70.7 Å². The highest BCUT2D eigenvalue weighted by atomic mass is 16.5. The van der Waals surface area contributed by atoms with Gasteiger partial charge in [0.2, 0.25) is 0 Å². The third kappa shape index (κ3) is 2.85. The zero-order chi connectivity index (χ0) is 20.3. The number of ether oxygens (including phenoxy) is 1. The van der Waals surface area contributed by atoms with Crippen LogP contribution >= 0.6 is 0 Å². The van der Waals surface area contributed by atoms with Crippen LogP contribution in [0.5, 0.6) is 0 Å². The van der Waals surface area contributed by atoms with Crippen LogP contribution in [0.1, 0.15) is 62.0 Å². The quantitative estimate of drug-likeness (QED) is 0.516. The Morgan fingerprint density at radius 2 is 1.50 bits per heavy atom. The molecule has 0 radical (unpaired) electrons. The monoisotopic (exact) mass is 375 g/mol. The van der Waals surface area contributed by atoms with Gasteiger partial charge in [0.05, 0.1) is 12.7 Å². The van der Waals surface area contributed by atoms with Crippen LogP contribution in [0, 0.1) is 0 Å². The van der Waals surface area contributed by atoms with E-state index < -0.39 is 0 Å². The van der Waals surface area contributed by atoms with Gasteiger partial charge >= 0.3 is 5.97 Å². The number of esters is 1. The fraction of sp³-hybridized carbons (Fsp3) is 0.400. The Morgan fingerprint density at radius 3 is 2.07 bits per heavy atom. The molecule has 4 rings (SSSR count). The molecule has 0 amide bonds. The highest BCUT2D eigenvalue weighted by molar-refractivity contribution is 5.91. The number of benzene rings is 2. The fourth-order valence-corrected chi connectivity index (χ4v) is 4.57. The topological polar surface area (TPSA) is 31.2 Å². The van der Waals surface area contributed by atoms with E-state index >= 15 is 0 Å². The molecule has 0 saturated carbocycles.